The normalized spacial score (nSPS) is 14.2. The van der Waals surface area contributed by atoms with Gasteiger partial charge in [-0.05, 0) is 42.5 Å². The molecule has 3 rings (SSSR count). The van der Waals surface area contributed by atoms with E-state index in [0.29, 0.717) is 16.8 Å². The second kappa shape index (κ2) is 4.59. The Morgan fingerprint density at radius 2 is 2.15 bits per heavy atom. The summed E-state index contributed by atoms with van der Waals surface area (Å²) in [5, 5.41) is 9.12. The zero-order chi connectivity index (χ0) is 14.3. The van der Waals surface area contributed by atoms with E-state index in [4.69, 9.17) is 10.8 Å². The lowest BCUT2D eigenvalue weighted by atomic mass is 9.94. The molecule has 2 aromatic rings. The highest BCUT2D eigenvalue weighted by Gasteiger charge is 2.33. The van der Waals surface area contributed by atoms with Crippen LogP contribution in [0.1, 0.15) is 34.7 Å². The summed E-state index contributed by atoms with van der Waals surface area (Å²) in [5.74, 6) is -1.67. The molecule has 1 aromatic heterocycles. The van der Waals surface area contributed by atoms with Gasteiger partial charge in [-0.3, -0.25) is 4.98 Å². The second-order valence-corrected chi connectivity index (χ2v) is 4.90. The van der Waals surface area contributed by atoms with E-state index < -0.39 is 11.8 Å². The van der Waals surface area contributed by atoms with Crippen molar-refractivity contribution in [2.75, 3.05) is 5.73 Å². The van der Waals surface area contributed by atoms with Crippen LogP contribution in [0.3, 0.4) is 0 Å². The number of rotatable bonds is 3. The number of carboxylic acid groups (broad SMARTS) is 1. The van der Waals surface area contributed by atoms with Gasteiger partial charge in [0.2, 0.25) is 0 Å². The number of hydrogen-bond acceptors (Lipinski definition) is 3. The minimum atomic E-state index is -1.21. The fourth-order valence-electron chi connectivity index (χ4n) is 2.43. The van der Waals surface area contributed by atoms with E-state index >= 15 is 0 Å². The number of pyridine rings is 1. The molecule has 102 valence electrons. The van der Waals surface area contributed by atoms with Crippen LogP contribution in [0.15, 0.2) is 30.5 Å². The lowest BCUT2D eigenvalue weighted by Gasteiger charge is -2.15. The first-order valence-electron chi connectivity index (χ1n) is 6.36. The van der Waals surface area contributed by atoms with Crippen LogP contribution in [0.25, 0.3) is 11.3 Å². The number of carboxylic acids is 1. The summed E-state index contributed by atoms with van der Waals surface area (Å²) in [6, 6.07) is 6.19. The van der Waals surface area contributed by atoms with E-state index in [1.54, 1.807) is 24.4 Å². The van der Waals surface area contributed by atoms with Crippen molar-refractivity contribution in [3.8, 4) is 11.3 Å². The maximum absolute atomic E-state index is 14.4. The fraction of sp³-hybridized carbons (Fsp3) is 0.200. The summed E-state index contributed by atoms with van der Waals surface area (Å²) >= 11 is 0. The number of anilines is 1. The van der Waals surface area contributed by atoms with E-state index in [9.17, 15) is 9.18 Å². The number of nitrogens with zero attached hydrogens (tertiary/aromatic N) is 1. The number of nitrogens with two attached hydrogens (primary N) is 1. The molecule has 0 spiro atoms. The molecule has 1 heterocycles. The number of hydrogen-bond donors (Lipinski definition) is 2. The number of aromatic carboxylic acids is 1. The number of nitrogen functional groups attached to an aromatic ring is 1. The summed E-state index contributed by atoms with van der Waals surface area (Å²) in [6.07, 6.45) is 3.37. The molecule has 4 nitrogen and oxygen atoms in total. The van der Waals surface area contributed by atoms with Gasteiger partial charge in [0.15, 0.2) is 0 Å². The third kappa shape index (κ3) is 2.01. The van der Waals surface area contributed by atoms with E-state index in [1.807, 2.05) is 0 Å². The van der Waals surface area contributed by atoms with Gasteiger partial charge in [-0.2, -0.15) is 0 Å². The average Bonchev–Trinajstić information content (AvgIpc) is 3.25. The van der Waals surface area contributed by atoms with Crippen LogP contribution < -0.4 is 5.73 Å². The van der Waals surface area contributed by atoms with Crippen molar-refractivity contribution < 1.29 is 14.3 Å². The maximum Gasteiger partial charge on any atom is 0.337 e. The molecule has 1 aromatic carbocycles. The highest BCUT2D eigenvalue weighted by molar-refractivity contribution is 5.96. The Kier molecular flexibility index (Phi) is 2.89. The third-order valence-corrected chi connectivity index (χ3v) is 3.50. The number of halogens is 1. The molecular weight excluding hydrogens is 259 g/mol. The Bertz CT molecular complexity index is 682. The molecule has 0 unspecified atom stereocenters. The summed E-state index contributed by atoms with van der Waals surface area (Å²) in [5.41, 5.74) is 7.33. The molecule has 0 atom stereocenters. The van der Waals surface area contributed by atoms with Gasteiger partial charge in [-0.15, -0.1) is 0 Å². The van der Waals surface area contributed by atoms with Gasteiger partial charge < -0.3 is 10.8 Å². The number of benzene rings is 1. The highest BCUT2D eigenvalue weighted by atomic mass is 19.1. The zero-order valence-electron chi connectivity index (χ0n) is 10.6. The van der Waals surface area contributed by atoms with Crippen LogP contribution >= 0.6 is 0 Å². The molecule has 0 amide bonds. The molecule has 1 aliphatic carbocycles. The van der Waals surface area contributed by atoms with Gasteiger partial charge in [0.25, 0.3) is 0 Å². The minimum Gasteiger partial charge on any atom is -0.478 e. The van der Waals surface area contributed by atoms with Gasteiger partial charge in [-0.1, -0.05) is 6.07 Å². The molecule has 5 heteroatoms. The van der Waals surface area contributed by atoms with Crippen LogP contribution in [-0.2, 0) is 0 Å². The van der Waals surface area contributed by atoms with Crippen LogP contribution in [0.4, 0.5) is 10.1 Å². The Balaban J connectivity index is 2.29. The Morgan fingerprint density at radius 1 is 1.40 bits per heavy atom. The number of aromatic nitrogens is 1. The monoisotopic (exact) mass is 272 g/mol. The fourth-order valence-corrected chi connectivity index (χ4v) is 2.43. The molecule has 1 fully saturated rings. The van der Waals surface area contributed by atoms with Crippen molar-refractivity contribution in [3.63, 3.8) is 0 Å². The van der Waals surface area contributed by atoms with E-state index in [1.165, 1.54) is 0 Å². The Morgan fingerprint density at radius 3 is 2.70 bits per heavy atom. The third-order valence-electron chi connectivity index (χ3n) is 3.50. The van der Waals surface area contributed by atoms with Crippen molar-refractivity contribution in [2.24, 2.45) is 0 Å². The molecule has 1 saturated carbocycles. The highest BCUT2D eigenvalue weighted by Crippen LogP contribution is 2.48. The average molecular weight is 272 g/mol. The molecule has 0 bridgehead atoms. The number of carbonyl (C=O) groups is 1. The van der Waals surface area contributed by atoms with Crippen molar-refractivity contribution in [1.29, 1.82) is 0 Å². The maximum atomic E-state index is 14.4. The van der Waals surface area contributed by atoms with Gasteiger partial charge in [0.1, 0.15) is 5.82 Å². The first-order chi connectivity index (χ1) is 9.59. The summed E-state index contributed by atoms with van der Waals surface area (Å²) in [7, 11) is 0. The van der Waals surface area contributed by atoms with Crippen LogP contribution in [0.5, 0.6) is 0 Å². The van der Waals surface area contributed by atoms with Crippen LogP contribution in [-0.4, -0.2) is 16.1 Å². The summed E-state index contributed by atoms with van der Waals surface area (Å²) in [4.78, 5) is 15.3. The lowest BCUT2D eigenvalue weighted by molar-refractivity contribution is 0.0697. The van der Waals surface area contributed by atoms with Crippen molar-refractivity contribution in [2.45, 2.75) is 18.8 Å². The first kappa shape index (κ1) is 12.6. The van der Waals surface area contributed by atoms with Crippen molar-refractivity contribution >= 4 is 11.7 Å². The predicted molar refractivity (Wildman–Crippen MR) is 73.0 cm³/mol. The van der Waals surface area contributed by atoms with E-state index in [2.05, 4.69) is 4.98 Å². The van der Waals surface area contributed by atoms with Gasteiger partial charge in [-0.25, -0.2) is 9.18 Å². The van der Waals surface area contributed by atoms with E-state index in [0.717, 1.165) is 18.9 Å². The smallest absolute Gasteiger partial charge is 0.337 e. The molecule has 0 radical (unpaired) electrons. The van der Waals surface area contributed by atoms with Crippen LogP contribution in [0, 0.1) is 5.82 Å². The zero-order valence-corrected chi connectivity index (χ0v) is 10.6. The molecule has 3 N–H and O–H groups in total. The lowest BCUT2D eigenvalue weighted by Crippen LogP contribution is -2.09. The first-order valence-corrected chi connectivity index (χ1v) is 6.36. The topological polar surface area (TPSA) is 76.2 Å². The van der Waals surface area contributed by atoms with Gasteiger partial charge in [0, 0.05) is 11.8 Å². The summed E-state index contributed by atoms with van der Waals surface area (Å²) in [6.45, 7) is 0. The predicted octanol–water partition coefficient (Wildman–Crippen LogP) is 3.05. The SMILES string of the molecule is Nc1c(C(=O)O)cc(F)c(-c2ccccn2)c1C1CC1. The van der Waals surface area contributed by atoms with Crippen LogP contribution in [0.2, 0.25) is 0 Å². The van der Waals surface area contributed by atoms with Crippen molar-refractivity contribution in [1.82, 2.24) is 4.98 Å². The largest absolute Gasteiger partial charge is 0.478 e. The summed E-state index contributed by atoms with van der Waals surface area (Å²) < 4.78 is 14.4. The van der Waals surface area contributed by atoms with Gasteiger partial charge in [0.05, 0.1) is 16.9 Å². The quantitative estimate of drug-likeness (QED) is 0.842. The van der Waals surface area contributed by atoms with Gasteiger partial charge >= 0.3 is 5.97 Å². The Labute approximate surface area is 115 Å². The molecule has 1 aliphatic rings. The Hall–Kier alpha value is -2.43. The van der Waals surface area contributed by atoms with Crippen molar-refractivity contribution in [3.05, 3.63) is 47.4 Å². The standard InChI is InChI=1S/C15H13FN2O2/c16-10-7-9(15(19)20)14(17)12(8-4-5-8)13(10)11-3-1-2-6-18-11/h1-3,6-8H,4-5,17H2,(H,19,20). The second-order valence-electron chi connectivity index (χ2n) is 4.90. The molecule has 0 saturated heterocycles. The molecule has 0 aliphatic heterocycles. The minimum absolute atomic E-state index is 0.126. The van der Waals surface area contributed by atoms with E-state index in [-0.39, 0.29) is 17.2 Å². The molecular formula is C15H13FN2O2. The molecule has 20 heavy (non-hydrogen) atoms.